The van der Waals surface area contributed by atoms with Crippen LogP contribution in [-0.2, 0) is 16.7 Å². The first kappa shape index (κ1) is 26.4. The SMILES string of the molecule is Cc1ccc(-c2cc(CSc3ccc(OCC(=O)O)c(C)c3)cc(-c3ccc(C(F)(F)F)cc3)c2)cc1. The summed E-state index contributed by atoms with van der Waals surface area (Å²) in [5, 5.41) is 8.82. The lowest BCUT2D eigenvalue weighted by atomic mass is 9.95. The van der Waals surface area contributed by atoms with E-state index in [1.165, 1.54) is 12.1 Å². The van der Waals surface area contributed by atoms with Gasteiger partial charge < -0.3 is 9.84 Å². The molecule has 37 heavy (non-hydrogen) atoms. The highest BCUT2D eigenvalue weighted by atomic mass is 32.2. The van der Waals surface area contributed by atoms with Crippen LogP contribution in [-0.4, -0.2) is 17.7 Å². The molecule has 0 bridgehead atoms. The summed E-state index contributed by atoms with van der Waals surface area (Å²) in [6, 6.07) is 25.1. The molecule has 0 saturated heterocycles. The summed E-state index contributed by atoms with van der Waals surface area (Å²) in [4.78, 5) is 11.8. The lowest BCUT2D eigenvalue weighted by Gasteiger charge is -2.13. The first-order valence-corrected chi connectivity index (χ1v) is 12.5. The summed E-state index contributed by atoms with van der Waals surface area (Å²) < 4.78 is 44.5. The Morgan fingerprint density at radius 3 is 1.95 bits per heavy atom. The minimum atomic E-state index is -4.38. The number of benzene rings is 4. The smallest absolute Gasteiger partial charge is 0.416 e. The first-order valence-electron chi connectivity index (χ1n) is 11.6. The van der Waals surface area contributed by atoms with Crippen LogP contribution in [0.5, 0.6) is 5.75 Å². The quantitative estimate of drug-likeness (QED) is 0.236. The van der Waals surface area contributed by atoms with Gasteiger partial charge in [0.1, 0.15) is 5.75 Å². The number of halogens is 3. The lowest BCUT2D eigenvalue weighted by Crippen LogP contribution is -2.09. The summed E-state index contributed by atoms with van der Waals surface area (Å²) in [7, 11) is 0. The van der Waals surface area contributed by atoms with E-state index in [-0.39, 0.29) is 0 Å². The van der Waals surface area contributed by atoms with Crippen LogP contribution in [0.4, 0.5) is 13.2 Å². The highest BCUT2D eigenvalue weighted by molar-refractivity contribution is 7.98. The summed E-state index contributed by atoms with van der Waals surface area (Å²) in [5.74, 6) is 0.134. The molecule has 7 heteroatoms. The number of thioether (sulfide) groups is 1. The maximum Gasteiger partial charge on any atom is 0.416 e. The van der Waals surface area contributed by atoms with Crippen molar-refractivity contribution in [3.8, 4) is 28.0 Å². The third-order valence-corrected chi connectivity index (χ3v) is 6.89. The summed E-state index contributed by atoms with van der Waals surface area (Å²) in [5.41, 5.74) is 5.91. The van der Waals surface area contributed by atoms with Crippen molar-refractivity contribution in [3.63, 3.8) is 0 Å². The van der Waals surface area contributed by atoms with Crippen molar-refractivity contribution in [1.29, 1.82) is 0 Å². The Morgan fingerprint density at radius 2 is 1.41 bits per heavy atom. The molecular formula is C30H25F3O3S. The number of hydrogen-bond acceptors (Lipinski definition) is 3. The molecule has 0 aromatic heterocycles. The van der Waals surface area contributed by atoms with E-state index in [2.05, 4.69) is 6.07 Å². The predicted octanol–water partition coefficient (Wildman–Crippen LogP) is 8.41. The number of aliphatic carboxylic acids is 1. The van der Waals surface area contributed by atoms with Crippen molar-refractivity contribution in [2.75, 3.05) is 6.61 Å². The Bertz CT molecular complexity index is 1400. The van der Waals surface area contributed by atoms with Gasteiger partial charge in [-0.05, 0) is 83.6 Å². The lowest BCUT2D eigenvalue weighted by molar-refractivity contribution is -0.139. The number of ether oxygens (including phenoxy) is 1. The second kappa shape index (κ2) is 11.1. The molecule has 3 nitrogen and oxygen atoms in total. The number of aryl methyl sites for hydroxylation is 2. The van der Waals surface area contributed by atoms with Crippen LogP contribution in [0.25, 0.3) is 22.3 Å². The standard InChI is InChI=1S/C30H25F3O3S/c1-19-3-5-22(6-4-19)24-14-21(15-25(16-24)23-7-9-26(10-8-23)30(31,32)33)18-37-27-11-12-28(20(2)13-27)36-17-29(34)35/h3-16H,17-18H2,1-2H3,(H,34,35). The Morgan fingerprint density at radius 1 is 0.811 bits per heavy atom. The third kappa shape index (κ3) is 6.95. The van der Waals surface area contributed by atoms with Crippen molar-refractivity contribution in [2.24, 2.45) is 0 Å². The fourth-order valence-electron chi connectivity index (χ4n) is 3.89. The van der Waals surface area contributed by atoms with Crippen LogP contribution < -0.4 is 4.74 Å². The molecule has 190 valence electrons. The van der Waals surface area contributed by atoms with Crippen LogP contribution in [0, 0.1) is 13.8 Å². The molecule has 0 fully saturated rings. The molecule has 0 spiro atoms. The molecule has 0 amide bonds. The topological polar surface area (TPSA) is 46.5 Å². The number of carboxylic acids is 1. The molecule has 4 aromatic rings. The highest BCUT2D eigenvalue weighted by Crippen LogP contribution is 2.35. The molecule has 0 heterocycles. The zero-order valence-corrected chi connectivity index (χ0v) is 21.1. The zero-order valence-electron chi connectivity index (χ0n) is 20.3. The molecule has 0 aliphatic heterocycles. The number of carbonyl (C=O) groups is 1. The molecule has 4 rings (SSSR count). The van der Waals surface area contributed by atoms with E-state index in [0.29, 0.717) is 17.1 Å². The molecule has 0 aliphatic carbocycles. The normalized spacial score (nSPS) is 11.4. The van der Waals surface area contributed by atoms with Crippen molar-refractivity contribution >= 4 is 17.7 Å². The van der Waals surface area contributed by atoms with Crippen molar-refractivity contribution in [2.45, 2.75) is 30.7 Å². The van der Waals surface area contributed by atoms with Gasteiger partial charge in [0.25, 0.3) is 0 Å². The van der Waals surface area contributed by atoms with Crippen molar-refractivity contribution < 1.29 is 27.8 Å². The number of alkyl halides is 3. The number of hydrogen-bond donors (Lipinski definition) is 1. The largest absolute Gasteiger partial charge is 0.482 e. The molecule has 0 atom stereocenters. The van der Waals surface area contributed by atoms with Gasteiger partial charge in [-0.15, -0.1) is 11.8 Å². The monoisotopic (exact) mass is 522 g/mol. The Labute approximate surface area is 217 Å². The summed E-state index contributed by atoms with van der Waals surface area (Å²) >= 11 is 1.62. The molecule has 1 N–H and O–H groups in total. The highest BCUT2D eigenvalue weighted by Gasteiger charge is 2.30. The predicted molar refractivity (Wildman–Crippen MR) is 141 cm³/mol. The van der Waals surface area contributed by atoms with Gasteiger partial charge in [0.2, 0.25) is 0 Å². The molecular weight excluding hydrogens is 497 g/mol. The average Bonchev–Trinajstić information content (AvgIpc) is 2.86. The fourth-order valence-corrected chi connectivity index (χ4v) is 4.81. The van der Waals surface area contributed by atoms with Gasteiger partial charge in [-0.2, -0.15) is 13.2 Å². The van der Waals surface area contributed by atoms with Crippen LogP contribution >= 0.6 is 11.8 Å². The van der Waals surface area contributed by atoms with Crippen molar-refractivity contribution in [1.82, 2.24) is 0 Å². The van der Waals surface area contributed by atoms with Gasteiger partial charge in [-0.25, -0.2) is 4.79 Å². The van der Waals surface area contributed by atoms with Crippen LogP contribution in [0.1, 0.15) is 22.3 Å². The van der Waals surface area contributed by atoms with E-state index in [1.807, 2.05) is 62.4 Å². The third-order valence-electron chi connectivity index (χ3n) is 5.83. The summed E-state index contributed by atoms with van der Waals surface area (Å²) in [6.07, 6.45) is -4.38. The van der Waals surface area contributed by atoms with Gasteiger partial charge >= 0.3 is 12.1 Å². The average molecular weight is 523 g/mol. The maximum absolute atomic E-state index is 13.1. The van der Waals surface area contributed by atoms with Gasteiger partial charge in [0.15, 0.2) is 6.61 Å². The number of rotatable bonds is 8. The van der Waals surface area contributed by atoms with Gasteiger partial charge in [-0.3, -0.25) is 0 Å². The second-order valence-corrected chi connectivity index (χ2v) is 9.81. The van der Waals surface area contributed by atoms with E-state index >= 15 is 0 Å². The molecule has 0 unspecified atom stereocenters. The minimum absolute atomic E-state index is 0.397. The summed E-state index contributed by atoms with van der Waals surface area (Å²) in [6.45, 7) is 3.48. The van der Waals surface area contributed by atoms with E-state index in [4.69, 9.17) is 9.84 Å². The second-order valence-electron chi connectivity index (χ2n) is 8.76. The van der Waals surface area contributed by atoms with Gasteiger partial charge in [0, 0.05) is 10.6 Å². The Hall–Kier alpha value is -3.71. The Balaban J connectivity index is 1.62. The van der Waals surface area contributed by atoms with Crippen LogP contribution in [0.15, 0.2) is 89.8 Å². The molecule has 4 aromatic carbocycles. The van der Waals surface area contributed by atoms with Gasteiger partial charge in [0.05, 0.1) is 5.56 Å². The maximum atomic E-state index is 13.1. The van der Waals surface area contributed by atoms with Gasteiger partial charge in [-0.1, -0.05) is 54.1 Å². The van der Waals surface area contributed by atoms with E-state index < -0.39 is 24.3 Å². The van der Waals surface area contributed by atoms with E-state index in [9.17, 15) is 18.0 Å². The van der Waals surface area contributed by atoms with Crippen LogP contribution in [0.3, 0.4) is 0 Å². The fraction of sp³-hybridized carbons (Fsp3) is 0.167. The molecule has 0 aliphatic rings. The molecule has 0 saturated carbocycles. The minimum Gasteiger partial charge on any atom is -0.482 e. The van der Waals surface area contributed by atoms with Crippen LogP contribution in [0.2, 0.25) is 0 Å². The Kier molecular flexibility index (Phi) is 7.93. The first-order chi connectivity index (χ1) is 17.6. The zero-order chi connectivity index (χ0) is 26.6. The number of carboxylic acid groups (broad SMARTS) is 1. The van der Waals surface area contributed by atoms with E-state index in [1.54, 1.807) is 17.8 Å². The van der Waals surface area contributed by atoms with E-state index in [0.717, 1.165) is 50.4 Å². The van der Waals surface area contributed by atoms with Crippen molar-refractivity contribution in [3.05, 3.63) is 107 Å². The molecule has 0 radical (unpaired) electrons.